The van der Waals surface area contributed by atoms with E-state index in [2.05, 4.69) is 26.1 Å². The second-order valence-corrected chi connectivity index (χ2v) is 8.07. The molecule has 7 nitrogen and oxygen atoms in total. The summed E-state index contributed by atoms with van der Waals surface area (Å²) in [6, 6.07) is 10.9. The standard InChI is InChI=1S/C21H21BrN4O3/c1-24-17-11-15(23-19(27)13-7-3-4-8-14(13)22)16(26-9-5-6-10-26)12-18(17)25(2)21(29)20(24)28/h3-4,7-8,11-12H,5-6,9-10H2,1-2H3,(H,23,27). The zero-order valence-corrected chi connectivity index (χ0v) is 17.8. The molecule has 0 unspecified atom stereocenters. The maximum atomic E-state index is 12.9. The average Bonchev–Trinajstić information content (AvgIpc) is 3.25. The highest BCUT2D eigenvalue weighted by molar-refractivity contribution is 9.10. The fraction of sp³-hybridized carbons (Fsp3) is 0.286. The molecule has 0 bridgehead atoms. The minimum absolute atomic E-state index is 0.243. The molecule has 1 N–H and O–H groups in total. The van der Waals surface area contributed by atoms with Crippen molar-refractivity contribution in [2.45, 2.75) is 12.8 Å². The quantitative estimate of drug-likeness (QED) is 0.614. The number of anilines is 2. The number of hydrogen-bond donors (Lipinski definition) is 1. The fourth-order valence-corrected chi connectivity index (χ4v) is 4.23. The number of benzene rings is 2. The topological polar surface area (TPSA) is 76.3 Å². The van der Waals surface area contributed by atoms with Crippen LogP contribution in [0.25, 0.3) is 11.0 Å². The number of hydrogen-bond acceptors (Lipinski definition) is 4. The van der Waals surface area contributed by atoms with Gasteiger partial charge >= 0.3 is 11.1 Å². The Hall–Kier alpha value is -2.87. The van der Waals surface area contributed by atoms with Crippen molar-refractivity contribution in [1.29, 1.82) is 0 Å². The van der Waals surface area contributed by atoms with E-state index in [4.69, 9.17) is 0 Å². The highest BCUT2D eigenvalue weighted by atomic mass is 79.9. The molecule has 29 heavy (non-hydrogen) atoms. The van der Waals surface area contributed by atoms with Crippen molar-refractivity contribution in [3.05, 3.63) is 67.1 Å². The van der Waals surface area contributed by atoms with Crippen molar-refractivity contribution in [2.24, 2.45) is 14.1 Å². The molecule has 3 aromatic rings. The van der Waals surface area contributed by atoms with Gasteiger partial charge in [0.1, 0.15) is 0 Å². The molecule has 1 aromatic heterocycles. The number of nitrogens with one attached hydrogen (secondary N) is 1. The highest BCUT2D eigenvalue weighted by Gasteiger charge is 2.21. The lowest BCUT2D eigenvalue weighted by Gasteiger charge is -2.23. The molecule has 4 rings (SSSR count). The summed E-state index contributed by atoms with van der Waals surface area (Å²) in [6.45, 7) is 1.76. The molecule has 1 amide bonds. The summed E-state index contributed by atoms with van der Waals surface area (Å²) in [4.78, 5) is 39.7. The molecule has 2 aromatic carbocycles. The van der Waals surface area contributed by atoms with Crippen LogP contribution in [0.1, 0.15) is 23.2 Å². The molecular formula is C21H21BrN4O3. The summed E-state index contributed by atoms with van der Waals surface area (Å²) in [7, 11) is 3.17. The molecule has 0 saturated carbocycles. The lowest BCUT2D eigenvalue weighted by Crippen LogP contribution is -2.39. The van der Waals surface area contributed by atoms with Crippen LogP contribution in [0.3, 0.4) is 0 Å². The zero-order chi connectivity index (χ0) is 20.7. The first-order valence-corrected chi connectivity index (χ1v) is 10.2. The minimum atomic E-state index is -0.600. The second-order valence-electron chi connectivity index (χ2n) is 7.21. The van der Waals surface area contributed by atoms with E-state index in [0.717, 1.165) is 31.6 Å². The third-order valence-electron chi connectivity index (χ3n) is 5.42. The normalized spacial score (nSPS) is 13.8. The van der Waals surface area contributed by atoms with Crippen molar-refractivity contribution in [2.75, 3.05) is 23.3 Å². The number of carbonyl (C=O) groups excluding carboxylic acids is 1. The van der Waals surface area contributed by atoms with E-state index in [1.807, 2.05) is 18.2 Å². The van der Waals surface area contributed by atoms with Crippen molar-refractivity contribution >= 4 is 44.2 Å². The molecular weight excluding hydrogens is 436 g/mol. The summed E-state index contributed by atoms with van der Waals surface area (Å²) >= 11 is 3.42. The molecule has 1 aliphatic rings. The van der Waals surface area contributed by atoms with Crippen molar-refractivity contribution in [1.82, 2.24) is 9.13 Å². The SMILES string of the molecule is Cn1c(=O)c(=O)n(C)c2cc(N3CCCC3)c(NC(=O)c3ccccc3Br)cc21. The van der Waals surface area contributed by atoms with E-state index in [9.17, 15) is 14.4 Å². The van der Waals surface area contributed by atoms with Gasteiger partial charge in [0, 0.05) is 31.7 Å². The Kier molecular flexibility index (Phi) is 5.04. The van der Waals surface area contributed by atoms with Crippen molar-refractivity contribution in [3.8, 4) is 0 Å². The number of aryl methyl sites for hydroxylation is 2. The van der Waals surface area contributed by atoms with Gasteiger partial charge in [0.15, 0.2) is 0 Å². The predicted octanol–water partition coefficient (Wildman–Crippen LogP) is 2.85. The second kappa shape index (κ2) is 7.51. The van der Waals surface area contributed by atoms with E-state index in [0.29, 0.717) is 26.8 Å². The van der Waals surface area contributed by atoms with E-state index >= 15 is 0 Å². The van der Waals surface area contributed by atoms with Crippen LogP contribution in [-0.4, -0.2) is 28.1 Å². The van der Waals surface area contributed by atoms with Gasteiger partial charge in [-0.1, -0.05) is 12.1 Å². The molecule has 0 spiro atoms. The van der Waals surface area contributed by atoms with Gasteiger partial charge in [0.2, 0.25) is 0 Å². The van der Waals surface area contributed by atoms with Crippen LogP contribution in [0.4, 0.5) is 11.4 Å². The molecule has 150 valence electrons. The summed E-state index contributed by atoms with van der Waals surface area (Å²) in [5.41, 5.74) is 2.06. The number of amides is 1. The number of aromatic nitrogens is 2. The molecule has 1 fully saturated rings. The third kappa shape index (κ3) is 3.37. The molecule has 0 atom stereocenters. The molecule has 2 heterocycles. The van der Waals surface area contributed by atoms with Gasteiger partial charge in [-0.25, -0.2) is 0 Å². The van der Waals surface area contributed by atoms with Gasteiger partial charge in [-0.3, -0.25) is 14.4 Å². The smallest absolute Gasteiger partial charge is 0.316 e. The van der Waals surface area contributed by atoms with Crippen LogP contribution in [-0.2, 0) is 14.1 Å². The lowest BCUT2D eigenvalue weighted by atomic mass is 10.1. The predicted molar refractivity (Wildman–Crippen MR) is 118 cm³/mol. The first-order valence-electron chi connectivity index (χ1n) is 9.43. The maximum absolute atomic E-state index is 12.9. The summed E-state index contributed by atoms with van der Waals surface area (Å²) in [5.74, 6) is -0.243. The minimum Gasteiger partial charge on any atom is -0.370 e. The Labute approximate surface area is 175 Å². The number of nitrogens with zero attached hydrogens (tertiary/aromatic N) is 3. The van der Waals surface area contributed by atoms with Crippen LogP contribution in [0.15, 0.2) is 50.5 Å². The number of carbonyl (C=O) groups is 1. The first-order chi connectivity index (χ1) is 13.9. The number of rotatable bonds is 3. The van der Waals surface area contributed by atoms with Gasteiger partial charge in [0.25, 0.3) is 5.91 Å². The Morgan fingerprint density at radius 1 is 0.966 bits per heavy atom. The monoisotopic (exact) mass is 456 g/mol. The van der Waals surface area contributed by atoms with Crippen LogP contribution in [0.2, 0.25) is 0 Å². The molecule has 0 aliphatic carbocycles. The summed E-state index contributed by atoms with van der Waals surface area (Å²) in [5, 5.41) is 3.00. The van der Waals surface area contributed by atoms with Crippen LogP contribution in [0, 0.1) is 0 Å². The average molecular weight is 457 g/mol. The Balaban J connectivity index is 1.90. The van der Waals surface area contributed by atoms with E-state index < -0.39 is 11.1 Å². The Bertz CT molecular complexity index is 1240. The third-order valence-corrected chi connectivity index (χ3v) is 6.11. The van der Waals surface area contributed by atoms with E-state index in [-0.39, 0.29) is 5.91 Å². The zero-order valence-electron chi connectivity index (χ0n) is 16.2. The van der Waals surface area contributed by atoms with Crippen molar-refractivity contribution in [3.63, 3.8) is 0 Å². The van der Waals surface area contributed by atoms with E-state index in [1.54, 1.807) is 32.3 Å². The molecule has 1 aliphatic heterocycles. The summed E-state index contributed by atoms with van der Waals surface area (Å²) in [6.07, 6.45) is 2.14. The maximum Gasteiger partial charge on any atom is 0.316 e. The van der Waals surface area contributed by atoms with E-state index in [1.165, 1.54) is 9.13 Å². The number of halogens is 1. The largest absolute Gasteiger partial charge is 0.370 e. The Morgan fingerprint density at radius 3 is 2.17 bits per heavy atom. The number of fused-ring (bicyclic) bond motifs is 1. The molecule has 8 heteroatoms. The van der Waals surface area contributed by atoms with Gasteiger partial charge in [-0.15, -0.1) is 0 Å². The van der Waals surface area contributed by atoms with Crippen molar-refractivity contribution < 1.29 is 4.79 Å². The lowest BCUT2D eigenvalue weighted by molar-refractivity contribution is 0.102. The van der Waals surface area contributed by atoms with Gasteiger partial charge < -0.3 is 19.4 Å². The van der Waals surface area contributed by atoms with Gasteiger partial charge in [0.05, 0.1) is 28.0 Å². The van der Waals surface area contributed by atoms with Crippen LogP contribution < -0.4 is 21.3 Å². The van der Waals surface area contributed by atoms with Crippen LogP contribution in [0.5, 0.6) is 0 Å². The first kappa shape index (κ1) is 19.4. The van der Waals surface area contributed by atoms with Gasteiger partial charge in [-0.2, -0.15) is 0 Å². The molecule has 0 radical (unpaired) electrons. The fourth-order valence-electron chi connectivity index (χ4n) is 3.76. The highest BCUT2D eigenvalue weighted by Crippen LogP contribution is 2.33. The van der Waals surface area contributed by atoms with Crippen LogP contribution >= 0.6 is 15.9 Å². The Morgan fingerprint density at radius 2 is 1.55 bits per heavy atom. The summed E-state index contributed by atoms with van der Waals surface area (Å²) < 4.78 is 3.41. The molecule has 1 saturated heterocycles. The van der Waals surface area contributed by atoms with Gasteiger partial charge in [-0.05, 0) is 53.0 Å².